The highest BCUT2D eigenvalue weighted by molar-refractivity contribution is 14.1. The number of alkyl halides is 3. The summed E-state index contributed by atoms with van der Waals surface area (Å²) in [6.45, 7) is -2.07. The number of carboxylic acids is 1. The molecule has 20 heavy (non-hydrogen) atoms. The van der Waals surface area contributed by atoms with Crippen molar-refractivity contribution in [1.29, 1.82) is 0 Å². The van der Waals surface area contributed by atoms with Gasteiger partial charge in [0.1, 0.15) is 12.3 Å². The minimum absolute atomic E-state index is 0.0453. The molecule has 1 aromatic carbocycles. The second-order valence-electron chi connectivity index (χ2n) is 3.63. The molecule has 0 bridgehead atoms. The molecule has 0 unspecified atom stereocenters. The molecule has 1 aromatic rings. The standard InChI is InChI=1S/C11H9F3INO4/c12-11(13,14)5-16-9(17)4-20-8-3-6(10(18)19)1-2-7(8)15/h1-3H,4-5H2,(H,16,17)(H,18,19). The Morgan fingerprint density at radius 2 is 2.00 bits per heavy atom. The van der Waals surface area contributed by atoms with E-state index in [2.05, 4.69) is 0 Å². The van der Waals surface area contributed by atoms with Crippen LogP contribution in [0.5, 0.6) is 5.75 Å². The Balaban J connectivity index is 2.59. The second-order valence-corrected chi connectivity index (χ2v) is 4.79. The van der Waals surface area contributed by atoms with Crippen LogP contribution >= 0.6 is 22.6 Å². The zero-order valence-electron chi connectivity index (χ0n) is 9.83. The number of hydrogen-bond donors (Lipinski definition) is 2. The van der Waals surface area contributed by atoms with Crippen LogP contribution in [0.25, 0.3) is 0 Å². The van der Waals surface area contributed by atoms with Gasteiger partial charge in [0.15, 0.2) is 6.61 Å². The third-order valence-electron chi connectivity index (χ3n) is 2.02. The largest absolute Gasteiger partial charge is 0.483 e. The lowest BCUT2D eigenvalue weighted by Gasteiger charge is -2.10. The Morgan fingerprint density at radius 3 is 2.55 bits per heavy atom. The molecule has 0 saturated heterocycles. The van der Waals surface area contributed by atoms with E-state index in [1.807, 2.05) is 22.6 Å². The number of carboxylic acid groups (broad SMARTS) is 1. The van der Waals surface area contributed by atoms with E-state index in [4.69, 9.17) is 9.84 Å². The van der Waals surface area contributed by atoms with Crippen LogP contribution in [0.3, 0.4) is 0 Å². The highest BCUT2D eigenvalue weighted by Gasteiger charge is 2.27. The molecule has 0 aromatic heterocycles. The van der Waals surface area contributed by atoms with Gasteiger partial charge in [-0.2, -0.15) is 13.2 Å². The molecule has 0 radical (unpaired) electrons. The van der Waals surface area contributed by atoms with Crippen LogP contribution in [-0.2, 0) is 4.79 Å². The predicted molar refractivity (Wildman–Crippen MR) is 70.7 cm³/mol. The molecule has 5 nitrogen and oxygen atoms in total. The summed E-state index contributed by atoms with van der Waals surface area (Å²) in [7, 11) is 0. The van der Waals surface area contributed by atoms with Gasteiger partial charge in [0.05, 0.1) is 9.13 Å². The molecule has 0 spiro atoms. The lowest BCUT2D eigenvalue weighted by Crippen LogP contribution is -2.36. The first-order valence-corrected chi connectivity index (χ1v) is 6.26. The van der Waals surface area contributed by atoms with Gasteiger partial charge in [0.25, 0.3) is 5.91 Å². The minimum atomic E-state index is -4.49. The van der Waals surface area contributed by atoms with E-state index in [-0.39, 0.29) is 11.3 Å². The fourth-order valence-corrected chi connectivity index (χ4v) is 1.63. The molecule has 9 heteroatoms. The summed E-state index contributed by atoms with van der Waals surface area (Å²) in [6.07, 6.45) is -4.49. The Hall–Kier alpha value is -1.52. The van der Waals surface area contributed by atoms with E-state index in [9.17, 15) is 22.8 Å². The molecule has 0 aliphatic heterocycles. The van der Waals surface area contributed by atoms with Crippen molar-refractivity contribution in [2.75, 3.05) is 13.2 Å². The molecule has 0 fully saturated rings. The Morgan fingerprint density at radius 1 is 1.35 bits per heavy atom. The lowest BCUT2D eigenvalue weighted by molar-refractivity contribution is -0.139. The molecular weight excluding hydrogens is 394 g/mol. The molecule has 110 valence electrons. The first-order valence-electron chi connectivity index (χ1n) is 5.18. The summed E-state index contributed by atoms with van der Waals surface area (Å²) in [5.74, 6) is -2.00. The zero-order valence-corrected chi connectivity index (χ0v) is 12.0. The summed E-state index contributed by atoms with van der Waals surface area (Å²) in [5, 5.41) is 10.4. The Labute approximate surface area is 125 Å². The van der Waals surface area contributed by atoms with Crippen LogP contribution in [0, 0.1) is 3.57 Å². The first kappa shape index (κ1) is 16.5. The van der Waals surface area contributed by atoms with Crippen molar-refractivity contribution in [2.45, 2.75) is 6.18 Å². The average Bonchev–Trinajstić information content (AvgIpc) is 2.34. The van der Waals surface area contributed by atoms with Crippen LogP contribution in [-0.4, -0.2) is 36.3 Å². The van der Waals surface area contributed by atoms with E-state index >= 15 is 0 Å². The van der Waals surface area contributed by atoms with Crippen molar-refractivity contribution < 1.29 is 32.6 Å². The topological polar surface area (TPSA) is 75.6 Å². The monoisotopic (exact) mass is 403 g/mol. The summed E-state index contributed by atoms with van der Waals surface area (Å²) >= 11 is 1.85. The second kappa shape index (κ2) is 6.77. The molecular formula is C11H9F3INO4. The smallest absolute Gasteiger partial charge is 0.405 e. The molecule has 1 rings (SSSR count). The lowest BCUT2D eigenvalue weighted by atomic mass is 10.2. The normalized spacial score (nSPS) is 11.0. The highest BCUT2D eigenvalue weighted by atomic mass is 127. The van der Waals surface area contributed by atoms with Gasteiger partial charge in [-0.05, 0) is 40.8 Å². The van der Waals surface area contributed by atoms with Crippen molar-refractivity contribution in [1.82, 2.24) is 5.32 Å². The Kier molecular flexibility index (Phi) is 5.60. The minimum Gasteiger partial charge on any atom is -0.483 e. The number of ether oxygens (including phenoxy) is 1. The maximum Gasteiger partial charge on any atom is 0.405 e. The molecule has 0 heterocycles. The fourth-order valence-electron chi connectivity index (χ4n) is 1.14. The zero-order chi connectivity index (χ0) is 15.3. The van der Waals surface area contributed by atoms with Gasteiger partial charge in [0, 0.05) is 0 Å². The number of amides is 1. The van der Waals surface area contributed by atoms with Gasteiger partial charge in [0.2, 0.25) is 0 Å². The molecule has 0 aliphatic rings. The van der Waals surface area contributed by atoms with E-state index in [1.165, 1.54) is 18.2 Å². The van der Waals surface area contributed by atoms with Gasteiger partial charge in [-0.15, -0.1) is 0 Å². The number of halogens is 4. The van der Waals surface area contributed by atoms with Crippen LogP contribution in [0.2, 0.25) is 0 Å². The van der Waals surface area contributed by atoms with E-state index in [1.54, 1.807) is 5.32 Å². The summed E-state index contributed by atoms with van der Waals surface area (Å²) in [6, 6.07) is 4.01. The van der Waals surface area contributed by atoms with Crippen LogP contribution in [0.1, 0.15) is 10.4 Å². The third-order valence-corrected chi connectivity index (χ3v) is 2.91. The van der Waals surface area contributed by atoms with E-state index in [0.717, 1.165) is 0 Å². The van der Waals surface area contributed by atoms with Gasteiger partial charge >= 0.3 is 12.1 Å². The van der Waals surface area contributed by atoms with Gasteiger partial charge < -0.3 is 15.2 Å². The number of hydrogen-bond acceptors (Lipinski definition) is 3. The molecule has 0 aliphatic carbocycles. The summed E-state index contributed by atoms with van der Waals surface area (Å²) in [4.78, 5) is 21.9. The SMILES string of the molecule is O=C(COc1cc(C(=O)O)ccc1I)NCC(F)(F)F. The summed E-state index contributed by atoms with van der Waals surface area (Å²) < 4.78 is 41.1. The predicted octanol–water partition coefficient (Wildman–Crippen LogP) is 2.05. The van der Waals surface area contributed by atoms with Gasteiger partial charge in [-0.25, -0.2) is 4.79 Å². The van der Waals surface area contributed by atoms with Gasteiger partial charge in [-0.1, -0.05) is 0 Å². The van der Waals surface area contributed by atoms with E-state index in [0.29, 0.717) is 3.57 Å². The maximum absolute atomic E-state index is 11.9. The van der Waals surface area contributed by atoms with Crippen molar-refractivity contribution >= 4 is 34.5 Å². The van der Waals surface area contributed by atoms with Gasteiger partial charge in [-0.3, -0.25) is 4.79 Å². The number of benzene rings is 1. The van der Waals surface area contributed by atoms with Crippen molar-refractivity contribution in [3.8, 4) is 5.75 Å². The molecule has 0 atom stereocenters. The maximum atomic E-state index is 11.9. The summed E-state index contributed by atoms with van der Waals surface area (Å²) in [5.41, 5.74) is -0.0453. The van der Waals surface area contributed by atoms with E-state index < -0.39 is 31.2 Å². The number of rotatable bonds is 5. The average molecular weight is 403 g/mol. The van der Waals surface area contributed by atoms with Crippen molar-refractivity contribution in [3.63, 3.8) is 0 Å². The van der Waals surface area contributed by atoms with Crippen LogP contribution < -0.4 is 10.1 Å². The van der Waals surface area contributed by atoms with Crippen molar-refractivity contribution in [2.24, 2.45) is 0 Å². The highest BCUT2D eigenvalue weighted by Crippen LogP contribution is 2.22. The number of aromatic carboxylic acids is 1. The third kappa shape index (κ3) is 5.63. The quantitative estimate of drug-likeness (QED) is 0.739. The fraction of sp³-hybridized carbons (Fsp3) is 0.273. The number of carbonyl (C=O) groups excluding carboxylic acids is 1. The first-order chi connectivity index (χ1) is 9.19. The Bertz CT molecular complexity index is 519. The molecule has 2 N–H and O–H groups in total. The molecule has 1 amide bonds. The van der Waals surface area contributed by atoms with Crippen LogP contribution in [0.15, 0.2) is 18.2 Å². The van der Waals surface area contributed by atoms with Crippen LogP contribution in [0.4, 0.5) is 13.2 Å². The number of carbonyl (C=O) groups is 2. The number of nitrogens with one attached hydrogen (secondary N) is 1. The molecule has 0 saturated carbocycles. The van der Waals surface area contributed by atoms with Crippen molar-refractivity contribution in [3.05, 3.63) is 27.3 Å².